The molecule has 0 amide bonds. The first-order chi connectivity index (χ1) is 8.29. The van der Waals surface area contributed by atoms with Crippen LogP contribution in [0.15, 0.2) is 30.3 Å². The first-order valence-corrected chi connectivity index (χ1v) is 6.23. The molecule has 3 nitrogen and oxygen atoms in total. The second-order valence-corrected chi connectivity index (χ2v) is 4.31. The third kappa shape index (κ3) is 3.80. The molecule has 0 saturated carbocycles. The Morgan fingerprint density at radius 2 is 2.00 bits per heavy atom. The summed E-state index contributed by atoms with van der Waals surface area (Å²) in [6.45, 7) is 3.99. The summed E-state index contributed by atoms with van der Waals surface area (Å²) < 4.78 is 5.33. The van der Waals surface area contributed by atoms with Crippen molar-refractivity contribution in [3.05, 3.63) is 35.9 Å². The SMILES string of the molecule is CCOCCCC(CN)(CO)c1ccccc1. The van der Waals surface area contributed by atoms with Crippen LogP contribution in [-0.2, 0) is 10.2 Å². The van der Waals surface area contributed by atoms with Crippen LogP contribution >= 0.6 is 0 Å². The number of rotatable bonds is 8. The number of aliphatic hydroxyl groups excluding tert-OH is 1. The van der Waals surface area contributed by atoms with E-state index in [1.54, 1.807) is 0 Å². The second-order valence-electron chi connectivity index (χ2n) is 4.31. The topological polar surface area (TPSA) is 55.5 Å². The summed E-state index contributed by atoms with van der Waals surface area (Å²) in [5.41, 5.74) is 6.66. The van der Waals surface area contributed by atoms with Gasteiger partial charge in [-0.2, -0.15) is 0 Å². The van der Waals surface area contributed by atoms with Gasteiger partial charge in [0.2, 0.25) is 0 Å². The number of hydrogen-bond acceptors (Lipinski definition) is 3. The van der Waals surface area contributed by atoms with Crippen molar-refractivity contribution in [3.63, 3.8) is 0 Å². The summed E-state index contributed by atoms with van der Waals surface area (Å²) in [6.07, 6.45) is 1.77. The van der Waals surface area contributed by atoms with Crippen molar-refractivity contribution in [2.24, 2.45) is 5.73 Å². The van der Waals surface area contributed by atoms with E-state index in [1.165, 1.54) is 0 Å². The molecule has 0 spiro atoms. The molecule has 0 aliphatic carbocycles. The molecule has 0 heterocycles. The minimum Gasteiger partial charge on any atom is -0.395 e. The molecule has 1 unspecified atom stereocenters. The van der Waals surface area contributed by atoms with E-state index in [1.807, 2.05) is 37.3 Å². The van der Waals surface area contributed by atoms with E-state index in [-0.39, 0.29) is 12.0 Å². The molecule has 3 heteroatoms. The van der Waals surface area contributed by atoms with Gasteiger partial charge in [-0.25, -0.2) is 0 Å². The Labute approximate surface area is 104 Å². The summed E-state index contributed by atoms with van der Waals surface area (Å²) >= 11 is 0. The zero-order chi connectivity index (χ0) is 12.6. The highest BCUT2D eigenvalue weighted by molar-refractivity contribution is 5.26. The highest BCUT2D eigenvalue weighted by atomic mass is 16.5. The summed E-state index contributed by atoms with van der Waals surface area (Å²) in [6, 6.07) is 10.0. The Bertz CT molecular complexity index is 296. The predicted molar refractivity (Wildman–Crippen MR) is 70.0 cm³/mol. The smallest absolute Gasteiger partial charge is 0.0540 e. The van der Waals surface area contributed by atoms with Crippen LogP contribution in [0.2, 0.25) is 0 Å². The van der Waals surface area contributed by atoms with Crippen LogP contribution in [-0.4, -0.2) is 31.5 Å². The normalized spacial score (nSPS) is 14.5. The van der Waals surface area contributed by atoms with Gasteiger partial charge in [0.15, 0.2) is 0 Å². The summed E-state index contributed by atoms with van der Waals surface area (Å²) in [4.78, 5) is 0. The van der Waals surface area contributed by atoms with Gasteiger partial charge < -0.3 is 15.6 Å². The summed E-state index contributed by atoms with van der Waals surface area (Å²) in [7, 11) is 0. The fourth-order valence-corrected chi connectivity index (χ4v) is 2.05. The minimum absolute atomic E-state index is 0.0830. The Balaban J connectivity index is 2.68. The third-order valence-corrected chi connectivity index (χ3v) is 3.23. The van der Waals surface area contributed by atoms with E-state index in [0.717, 1.165) is 31.6 Å². The second kappa shape index (κ2) is 7.43. The predicted octanol–water partition coefficient (Wildman–Crippen LogP) is 1.69. The number of nitrogens with two attached hydrogens (primary N) is 1. The maximum Gasteiger partial charge on any atom is 0.0540 e. The molecule has 1 atom stereocenters. The first-order valence-electron chi connectivity index (χ1n) is 6.23. The van der Waals surface area contributed by atoms with E-state index in [9.17, 15) is 5.11 Å². The Hall–Kier alpha value is -0.900. The van der Waals surface area contributed by atoms with E-state index < -0.39 is 0 Å². The molecule has 96 valence electrons. The molecule has 0 aliphatic heterocycles. The maximum atomic E-state index is 9.67. The van der Waals surface area contributed by atoms with Gasteiger partial charge in [0.05, 0.1) is 6.61 Å². The van der Waals surface area contributed by atoms with Crippen LogP contribution in [0.4, 0.5) is 0 Å². The van der Waals surface area contributed by atoms with Crippen LogP contribution in [0.3, 0.4) is 0 Å². The fraction of sp³-hybridized carbons (Fsp3) is 0.571. The van der Waals surface area contributed by atoms with Gasteiger partial charge in [-0.3, -0.25) is 0 Å². The van der Waals surface area contributed by atoms with Crippen molar-refractivity contribution in [3.8, 4) is 0 Å². The van der Waals surface area contributed by atoms with Crippen LogP contribution in [0.25, 0.3) is 0 Å². The van der Waals surface area contributed by atoms with Crippen LogP contribution in [0.5, 0.6) is 0 Å². The zero-order valence-electron chi connectivity index (χ0n) is 10.6. The number of aliphatic hydroxyl groups is 1. The molecule has 0 bridgehead atoms. The molecule has 0 aliphatic rings. The zero-order valence-corrected chi connectivity index (χ0v) is 10.6. The van der Waals surface area contributed by atoms with E-state index in [0.29, 0.717) is 6.54 Å². The van der Waals surface area contributed by atoms with Crippen molar-refractivity contribution in [2.45, 2.75) is 25.2 Å². The van der Waals surface area contributed by atoms with Gasteiger partial charge >= 0.3 is 0 Å². The highest BCUT2D eigenvalue weighted by Gasteiger charge is 2.29. The van der Waals surface area contributed by atoms with Crippen molar-refractivity contribution in [2.75, 3.05) is 26.4 Å². The molecule has 0 fully saturated rings. The van der Waals surface area contributed by atoms with Crippen molar-refractivity contribution in [1.82, 2.24) is 0 Å². The molecule has 1 rings (SSSR count). The lowest BCUT2D eigenvalue weighted by Gasteiger charge is -2.31. The maximum absolute atomic E-state index is 9.67. The van der Waals surface area contributed by atoms with Gasteiger partial charge in [0.1, 0.15) is 0 Å². The molecule has 0 saturated heterocycles. The average Bonchev–Trinajstić information content (AvgIpc) is 2.41. The van der Waals surface area contributed by atoms with Crippen LogP contribution in [0, 0.1) is 0 Å². The molecular formula is C14H23NO2. The van der Waals surface area contributed by atoms with Crippen molar-refractivity contribution >= 4 is 0 Å². The van der Waals surface area contributed by atoms with Crippen LogP contribution < -0.4 is 5.73 Å². The summed E-state index contributed by atoms with van der Waals surface area (Å²) in [5, 5.41) is 9.67. The average molecular weight is 237 g/mol. The van der Waals surface area contributed by atoms with Gasteiger partial charge in [-0.1, -0.05) is 30.3 Å². The van der Waals surface area contributed by atoms with E-state index >= 15 is 0 Å². The lowest BCUT2D eigenvalue weighted by Crippen LogP contribution is -2.39. The van der Waals surface area contributed by atoms with Gasteiger partial charge in [0.25, 0.3) is 0 Å². The van der Waals surface area contributed by atoms with Gasteiger partial charge in [-0.15, -0.1) is 0 Å². The molecule has 0 radical (unpaired) electrons. The lowest BCUT2D eigenvalue weighted by atomic mass is 9.77. The van der Waals surface area contributed by atoms with E-state index in [4.69, 9.17) is 10.5 Å². The molecule has 3 N–H and O–H groups in total. The quantitative estimate of drug-likeness (QED) is 0.677. The van der Waals surface area contributed by atoms with Gasteiger partial charge in [0, 0.05) is 25.2 Å². The lowest BCUT2D eigenvalue weighted by molar-refractivity contribution is 0.125. The number of benzene rings is 1. The molecule has 1 aromatic carbocycles. The minimum atomic E-state index is -0.321. The third-order valence-electron chi connectivity index (χ3n) is 3.23. The van der Waals surface area contributed by atoms with Crippen molar-refractivity contribution in [1.29, 1.82) is 0 Å². The molecule has 0 aromatic heterocycles. The van der Waals surface area contributed by atoms with Crippen LogP contribution in [0.1, 0.15) is 25.3 Å². The Kier molecular flexibility index (Phi) is 6.19. The number of ether oxygens (including phenoxy) is 1. The van der Waals surface area contributed by atoms with E-state index in [2.05, 4.69) is 0 Å². The largest absolute Gasteiger partial charge is 0.395 e. The Morgan fingerprint density at radius 1 is 1.29 bits per heavy atom. The standard InChI is InChI=1S/C14H23NO2/c1-2-17-10-6-9-14(11-15,12-16)13-7-4-3-5-8-13/h3-5,7-8,16H,2,6,9-12,15H2,1H3. The molecular weight excluding hydrogens is 214 g/mol. The molecule has 17 heavy (non-hydrogen) atoms. The van der Waals surface area contributed by atoms with Crippen molar-refractivity contribution < 1.29 is 9.84 Å². The van der Waals surface area contributed by atoms with Gasteiger partial charge in [-0.05, 0) is 25.3 Å². The molecule has 1 aromatic rings. The fourth-order valence-electron chi connectivity index (χ4n) is 2.05. The number of hydrogen-bond donors (Lipinski definition) is 2. The highest BCUT2D eigenvalue weighted by Crippen LogP contribution is 2.27. The Morgan fingerprint density at radius 3 is 2.53 bits per heavy atom. The monoisotopic (exact) mass is 237 g/mol. The first kappa shape index (κ1) is 14.2. The summed E-state index contributed by atoms with van der Waals surface area (Å²) in [5.74, 6) is 0.